The van der Waals surface area contributed by atoms with Crippen LogP contribution in [0.15, 0.2) is 28.7 Å². The number of aryl methyl sites for hydroxylation is 1. The van der Waals surface area contributed by atoms with Gasteiger partial charge in [-0.1, -0.05) is 31.5 Å². The van der Waals surface area contributed by atoms with E-state index in [0.29, 0.717) is 0 Å². The summed E-state index contributed by atoms with van der Waals surface area (Å²) in [5, 5.41) is 13.6. The average molecular weight is 261 g/mol. The molecule has 1 aromatic heterocycles. The van der Waals surface area contributed by atoms with E-state index in [-0.39, 0.29) is 12.6 Å². The van der Waals surface area contributed by atoms with Crippen LogP contribution in [-0.2, 0) is 13.0 Å². The second kappa shape index (κ2) is 6.73. The number of rotatable bonds is 7. The highest BCUT2D eigenvalue weighted by Gasteiger charge is 2.13. The van der Waals surface area contributed by atoms with Crippen molar-refractivity contribution in [1.82, 2.24) is 5.32 Å². The van der Waals surface area contributed by atoms with Gasteiger partial charge in [-0.3, -0.25) is 0 Å². The standard InChI is InChI=1S/C16H23NO2/c1-3-4-8-16-14(10-17-12(2)11-18)13-7-5-6-9-15(13)19-16/h5-7,9,12,17-18H,3-4,8,10-11H2,1-2H3/t12-/m1/s1. The number of para-hydroxylation sites is 1. The predicted molar refractivity (Wildman–Crippen MR) is 78.2 cm³/mol. The third-order valence-corrected chi connectivity index (χ3v) is 3.44. The van der Waals surface area contributed by atoms with Gasteiger partial charge in [0, 0.05) is 30.0 Å². The zero-order valence-electron chi connectivity index (χ0n) is 11.8. The van der Waals surface area contributed by atoms with Gasteiger partial charge in [-0.2, -0.15) is 0 Å². The van der Waals surface area contributed by atoms with Crippen molar-refractivity contribution in [1.29, 1.82) is 0 Å². The maximum absolute atomic E-state index is 9.10. The molecule has 0 unspecified atom stereocenters. The van der Waals surface area contributed by atoms with Crippen molar-refractivity contribution in [2.45, 2.75) is 45.7 Å². The molecule has 0 radical (unpaired) electrons. The van der Waals surface area contributed by atoms with Gasteiger partial charge in [0.05, 0.1) is 6.61 Å². The first-order valence-electron chi connectivity index (χ1n) is 7.09. The van der Waals surface area contributed by atoms with Gasteiger partial charge in [0.2, 0.25) is 0 Å². The molecular formula is C16H23NO2. The lowest BCUT2D eigenvalue weighted by molar-refractivity contribution is 0.251. The van der Waals surface area contributed by atoms with Crippen molar-refractivity contribution >= 4 is 11.0 Å². The summed E-state index contributed by atoms with van der Waals surface area (Å²) in [5.41, 5.74) is 2.20. The Morgan fingerprint density at radius 3 is 2.84 bits per heavy atom. The van der Waals surface area contributed by atoms with Crippen molar-refractivity contribution in [3.8, 4) is 0 Å². The van der Waals surface area contributed by atoms with Crippen molar-refractivity contribution in [2.75, 3.05) is 6.61 Å². The quantitative estimate of drug-likeness (QED) is 0.804. The third-order valence-electron chi connectivity index (χ3n) is 3.44. The molecule has 2 rings (SSSR count). The molecule has 3 nitrogen and oxygen atoms in total. The summed E-state index contributed by atoms with van der Waals surface area (Å²) in [6, 6.07) is 8.27. The fourth-order valence-electron chi connectivity index (χ4n) is 2.22. The van der Waals surface area contributed by atoms with Gasteiger partial charge in [-0.05, 0) is 19.4 Å². The maximum Gasteiger partial charge on any atom is 0.134 e. The molecule has 0 saturated heterocycles. The van der Waals surface area contributed by atoms with Crippen LogP contribution in [0.1, 0.15) is 38.0 Å². The molecule has 19 heavy (non-hydrogen) atoms. The number of hydrogen-bond acceptors (Lipinski definition) is 3. The molecule has 2 N–H and O–H groups in total. The first-order valence-corrected chi connectivity index (χ1v) is 7.09. The lowest BCUT2D eigenvalue weighted by Crippen LogP contribution is -2.28. The Balaban J connectivity index is 2.25. The largest absolute Gasteiger partial charge is 0.461 e. The lowest BCUT2D eigenvalue weighted by atomic mass is 10.1. The number of furan rings is 1. The normalized spacial score (nSPS) is 13.0. The number of benzene rings is 1. The van der Waals surface area contributed by atoms with Crippen LogP contribution in [0, 0.1) is 0 Å². The molecule has 1 atom stereocenters. The Labute approximate surface area is 114 Å². The second-order valence-corrected chi connectivity index (χ2v) is 5.07. The SMILES string of the molecule is CCCCc1oc2ccccc2c1CN[C@H](C)CO. The van der Waals surface area contributed by atoms with Crippen LogP contribution in [0.2, 0.25) is 0 Å². The molecule has 0 aliphatic rings. The minimum absolute atomic E-state index is 0.104. The van der Waals surface area contributed by atoms with Gasteiger partial charge in [0.15, 0.2) is 0 Å². The second-order valence-electron chi connectivity index (χ2n) is 5.07. The first-order chi connectivity index (χ1) is 9.26. The topological polar surface area (TPSA) is 45.4 Å². The maximum atomic E-state index is 9.10. The number of aliphatic hydroxyl groups is 1. The molecule has 104 valence electrons. The minimum Gasteiger partial charge on any atom is -0.461 e. The van der Waals surface area contributed by atoms with Gasteiger partial charge in [-0.25, -0.2) is 0 Å². The number of nitrogens with one attached hydrogen (secondary N) is 1. The van der Waals surface area contributed by atoms with Crippen LogP contribution in [0.4, 0.5) is 0 Å². The average Bonchev–Trinajstić information content (AvgIpc) is 2.80. The first kappa shape index (κ1) is 14.1. The molecule has 0 fully saturated rings. The number of unbranched alkanes of at least 4 members (excludes halogenated alkanes) is 1. The highest BCUT2D eigenvalue weighted by atomic mass is 16.3. The Morgan fingerprint density at radius 1 is 1.32 bits per heavy atom. The molecular weight excluding hydrogens is 238 g/mol. The van der Waals surface area contributed by atoms with E-state index in [4.69, 9.17) is 9.52 Å². The van der Waals surface area contributed by atoms with Crippen molar-refractivity contribution in [3.05, 3.63) is 35.6 Å². The monoisotopic (exact) mass is 261 g/mol. The van der Waals surface area contributed by atoms with Gasteiger partial charge in [0.1, 0.15) is 11.3 Å². The van der Waals surface area contributed by atoms with Crippen LogP contribution >= 0.6 is 0 Å². The van der Waals surface area contributed by atoms with Gasteiger partial charge < -0.3 is 14.8 Å². The molecule has 0 spiro atoms. The lowest BCUT2D eigenvalue weighted by Gasteiger charge is -2.10. The van der Waals surface area contributed by atoms with Gasteiger partial charge in [0.25, 0.3) is 0 Å². The summed E-state index contributed by atoms with van der Waals surface area (Å²) in [4.78, 5) is 0. The summed E-state index contributed by atoms with van der Waals surface area (Å²) < 4.78 is 5.96. The summed E-state index contributed by atoms with van der Waals surface area (Å²) >= 11 is 0. The molecule has 1 heterocycles. The smallest absolute Gasteiger partial charge is 0.134 e. The molecule has 0 aliphatic carbocycles. The molecule has 3 heteroatoms. The number of fused-ring (bicyclic) bond motifs is 1. The van der Waals surface area contributed by atoms with E-state index in [1.165, 1.54) is 10.9 Å². The zero-order chi connectivity index (χ0) is 13.7. The van der Waals surface area contributed by atoms with E-state index < -0.39 is 0 Å². The van der Waals surface area contributed by atoms with Crippen molar-refractivity contribution < 1.29 is 9.52 Å². The molecule has 0 aliphatic heterocycles. The Bertz CT molecular complexity index is 518. The summed E-state index contributed by atoms with van der Waals surface area (Å²) in [7, 11) is 0. The Hall–Kier alpha value is -1.32. The molecule has 0 bridgehead atoms. The van der Waals surface area contributed by atoms with Gasteiger partial charge >= 0.3 is 0 Å². The molecule has 0 amide bonds. The van der Waals surface area contributed by atoms with E-state index in [2.05, 4.69) is 18.3 Å². The number of hydrogen-bond donors (Lipinski definition) is 2. The van der Waals surface area contributed by atoms with E-state index in [0.717, 1.165) is 37.2 Å². The van der Waals surface area contributed by atoms with Crippen molar-refractivity contribution in [2.24, 2.45) is 0 Å². The highest BCUT2D eigenvalue weighted by Crippen LogP contribution is 2.27. The fourth-order valence-corrected chi connectivity index (χ4v) is 2.22. The van der Waals surface area contributed by atoms with Crippen LogP contribution in [-0.4, -0.2) is 17.8 Å². The van der Waals surface area contributed by atoms with E-state index in [9.17, 15) is 0 Å². The summed E-state index contributed by atoms with van der Waals surface area (Å²) in [6.45, 7) is 5.07. The molecule has 1 aromatic carbocycles. The van der Waals surface area contributed by atoms with Crippen LogP contribution < -0.4 is 5.32 Å². The summed E-state index contributed by atoms with van der Waals surface area (Å²) in [6.07, 6.45) is 3.29. The minimum atomic E-state index is 0.104. The van der Waals surface area contributed by atoms with Crippen LogP contribution in [0.25, 0.3) is 11.0 Å². The van der Waals surface area contributed by atoms with E-state index >= 15 is 0 Å². The van der Waals surface area contributed by atoms with E-state index in [1.807, 2.05) is 25.1 Å². The molecule has 0 saturated carbocycles. The Morgan fingerprint density at radius 2 is 2.11 bits per heavy atom. The van der Waals surface area contributed by atoms with E-state index in [1.54, 1.807) is 0 Å². The van der Waals surface area contributed by atoms with Crippen molar-refractivity contribution in [3.63, 3.8) is 0 Å². The zero-order valence-corrected chi connectivity index (χ0v) is 11.8. The predicted octanol–water partition coefficient (Wildman–Crippen LogP) is 3.25. The fraction of sp³-hybridized carbons (Fsp3) is 0.500. The Kier molecular flexibility index (Phi) is 5.00. The number of aliphatic hydroxyl groups excluding tert-OH is 1. The highest BCUT2D eigenvalue weighted by molar-refractivity contribution is 5.82. The van der Waals surface area contributed by atoms with Crippen LogP contribution in [0.5, 0.6) is 0 Å². The summed E-state index contributed by atoms with van der Waals surface area (Å²) in [5.74, 6) is 1.08. The van der Waals surface area contributed by atoms with Crippen LogP contribution in [0.3, 0.4) is 0 Å². The third kappa shape index (κ3) is 3.37. The van der Waals surface area contributed by atoms with Gasteiger partial charge in [-0.15, -0.1) is 0 Å². The molecule has 2 aromatic rings.